The Hall–Kier alpha value is -1.78. The van der Waals surface area contributed by atoms with Gasteiger partial charge in [-0.3, -0.25) is 0 Å². The molecular weight excluding hydrogens is 240 g/mol. The number of fused-ring (bicyclic) bond motifs is 1. The molecule has 1 aliphatic rings. The average Bonchev–Trinajstić information content (AvgIpc) is 2.93. The monoisotopic (exact) mass is 260 g/mol. The van der Waals surface area contributed by atoms with E-state index in [0.717, 1.165) is 17.1 Å². The van der Waals surface area contributed by atoms with Crippen LogP contribution in [0.15, 0.2) is 16.8 Å². The molecule has 0 radical (unpaired) electrons. The van der Waals surface area contributed by atoms with E-state index >= 15 is 0 Å². The number of nitrogen functional groups attached to an aromatic ring is 1. The maximum Gasteiger partial charge on any atom is 0.160 e. The van der Waals surface area contributed by atoms with Crippen LogP contribution in [0.5, 0.6) is 0 Å². The molecule has 0 saturated heterocycles. The summed E-state index contributed by atoms with van der Waals surface area (Å²) in [6.45, 7) is 2.28. The summed E-state index contributed by atoms with van der Waals surface area (Å²) in [5, 5.41) is 11.4. The van der Waals surface area contributed by atoms with Crippen LogP contribution in [0, 0.1) is 5.92 Å². The summed E-state index contributed by atoms with van der Waals surface area (Å²) < 4.78 is 4.79. The number of benzene rings is 1. The predicted molar refractivity (Wildman–Crippen MR) is 75.9 cm³/mol. The summed E-state index contributed by atoms with van der Waals surface area (Å²) in [7, 11) is 0. The van der Waals surface area contributed by atoms with Crippen LogP contribution in [0.25, 0.3) is 11.0 Å². The summed E-state index contributed by atoms with van der Waals surface area (Å²) in [4.78, 5) is 0. The Balaban J connectivity index is 1.75. The van der Waals surface area contributed by atoms with E-state index < -0.39 is 0 Å². The molecule has 0 atom stereocenters. The van der Waals surface area contributed by atoms with Crippen molar-refractivity contribution in [3.63, 3.8) is 0 Å². The highest BCUT2D eigenvalue weighted by Crippen LogP contribution is 2.31. The van der Waals surface area contributed by atoms with Crippen molar-refractivity contribution in [2.75, 3.05) is 11.1 Å². The van der Waals surface area contributed by atoms with Crippen LogP contribution in [0.1, 0.15) is 39.0 Å². The van der Waals surface area contributed by atoms with Crippen molar-refractivity contribution in [3.8, 4) is 0 Å². The Labute approximate surface area is 112 Å². The number of nitrogens with two attached hydrogens (primary N) is 1. The Bertz CT molecular complexity index is 558. The lowest BCUT2D eigenvalue weighted by Gasteiger charge is -2.29. The van der Waals surface area contributed by atoms with Crippen molar-refractivity contribution in [1.82, 2.24) is 10.3 Å². The van der Waals surface area contributed by atoms with E-state index in [2.05, 4.69) is 22.6 Å². The Kier molecular flexibility index (Phi) is 3.27. The van der Waals surface area contributed by atoms with E-state index in [4.69, 9.17) is 10.4 Å². The minimum absolute atomic E-state index is 0.520. The molecule has 102 valence electrons. The molecule has 0 spiro atoms. The third-order valence-electron chi connectivity index (χ3n) is 4.23. The molecule has 2 aromatic rings. The highest BCUT2D eigenvalue weighted by molar-refractivity contribution is 5.95. The highest BCUT2D eigenvalue weighted by atomic mass is 16.6. The van der Waals surface area contributed by atoms with Gasteiger partial charge in [0.2, 0.25) is 0 Å². The molecule has 0 unspecified atom stereocenters. The fourth-order valence-electron chi connectivity index (χ4n) is 2.94. The van der Waals surface area contributed by atoms with Crippen molar-refractivity contribution < 1.29 is 4.63 Å². The molecule has 5 nitrogen and oxygen atoms in total. The second-order valence-corrected chi connectivity index (χ2v) is 5.43. The normalized spacial score (nSPS) is 23.6. The average molecular weight is 260 g/mol. The van der Waals surface area contributed by atoms with Crippen LogP contribution in [0.4, 0.5) is 11.4 Å². The van der Waals surface area contributed by atoms with Crippen LogP contribution < -0.4 is 11.1 Å². The molecular formula is C14H20N4O. The van der Waals surface area contributed by atoms with E-state index in [-0.39, 0.29) is 0 Å². The minimum Gasteiger partial charge on any atom is -0.397 e. The molecule has 3 rings (SSSR count). The van der Waals surface area contributed by atoms with E-state index in [0.29, 0.717) is 17.2 Å². The van der Waals surface area contributed by atoms with Gasteiger partial charge >= 0.3 is 0 Å². The fourth-order valence-corrected chi connectivity index (χ4v) is 2.94. The molecule has 0 bridgehead atoms. The molecule has 5 heteroatoms. The van der Waals surface area contributed by atoms with Crippen molar-refractivity contribution in [2.45, 2.75) is 45.1 Å². The lowest BCUT2D eigenvalue weighted by Crippen LogP contribution is -2.26. The van der Waals surface area contributed by atoms with Crippen LogP contribution in [-0.2, 0) is 0 Å². The number of rotatable bonds is 3. The van der Waals surface area contributed by atoms with Crippen LogP contribution in [0.3, 0.4) is 0 Å². The molecule has 1 heterocycles. The summed E-state index contributed by atoms with van der Waals surface area (Å²) in [6, 6.07) is 4.34. The van der Waals surface area contributed by atoms with Gasteiger partial charge in [0.15, 0.2) is 11.0 Å². The Morgan fingerprint density at radius 3 is 2.68 bits per heavy atom. The van der Waals surface area contributed by atoms with Crippen molar-refractivity contribution >= 4 is 22.4 Å². The zero-order chi connectivity index (χ0) is 13.2. The van der Waals surface area contributed by atoms with Crippen LogP contribution in [0.2, 0.25) is 0 Å². The number of hydrogen-bond acceptors (Lipinski definition) is 5. The molecule has 1 saturated carbocycles. The number of aromatic nitrogens is 2. The number of hydrogen-bond donors (Lipinski definition) is 2. The van der Waals surface area contributed by atoms with Gasteiger partial charge in [0.1, 0.15) is 0 Å². The minimum atomic E-state index is 0.520. The Morgan fingerprint density at radius 2 is 1.95 bits per heavy atom. The molecule has 0 amide bonds. The van der Waals surface area contributed by atoms with Crippen LogP contribution in [-0.4, -0.2) is 16.4 Å². The first-order valence-corrected chi connectivity index (χ1v) is 7.05. The van der Waals surface area contributed by atoms with Gasteiger partial charge in [-0.2, -0.15) is 0 Å². The van der Waals surface area contributed by atoms with Gasteiger partial charge in [0.25, 0.3) is 0 Å². The molecule has 1 aromatic heterocycles. The number of anilines is 2. The quantitative estimate of drug-likeness (QED) is 0.829. The van der Waals surface area contributed by atoms with Gasteiger partial charge < -0.3 is 11.1 Å². The molecule has 0 aliphatic heterocycles. The summed E-state index contributed by atoms with van der Waals surface area (Å²) >= 11 is 0. The van der Waals surface area contributed by atoms with Gasteiger partial charge in [-0.05, 0) is 54.0 Å². The van der Waals surface area contributed by atoms with Crippen molar-refractivity contribution in [2.24, 2.45) is 5.92 Å². The predicted octanol–water partition coefficient (Wildman–Crippen LogP) is 3.19. The molecule has 1 aromatic carbocycles. The highest BCUT2D eigenvalue weighted by Gasteiger charge is 2.21. The summed E-state index contributed by atoms with van der Waals surface area (Å²) in [5.41, 5.74) is 8.81. The first kappa shape index (κ1) is 12.3. The van der Waals surface area contributed by atoms with E-state index in [9.17, 15) is 0 Å². The lowest BCUT2D eigenvalue weighted by atomic mass is 9.84. The van der Waals surface area contributed by atoms with Crippen molar-refractivity contribution in [3.05, 3.63) is 12.1 Å². The van der Waals surface area contributed by atoms with Crippen molar-refractivity contribution in [1.29, 1.82) is 0 Å². The number of nitrogens with one attached hydrogen (secondary N) is 1. The maximum absolute atomic E-state index is 5.85. The van der Waals surface area contributed by atoms with Gasteiger partial charge in [-0.15, -0.1) is 0 Å². The summed E-state index contributed by atoms with van der Waals surface area (Å²) in [5.74, 6) is 0.901. The SMILES string of the molecule is CCC1CCC(Nc2ccc(N)c3nonc23)CC1. The lowest BCUT2D eigenvalue weighted by molar-refractivity contribution is 0.315. The first-order valence-electron chi connectivity index (χ1n) is 7.05. The summed E-state index contributed by atoms with van der Waals surface area (Å²) in [6.07, 6.45) is 6.35. The van der Waals surface area contributed by atoms with Crippen LogP contribution >= 0.6 is 0 Å². The molecule has 1 aliphatic carbocycles. The zero-order valence-electron chi connectivity index (χ0n) is 11.2. The number of nitrogens with zero attached hydrogens (tertiary/aromatic N) is 2. The molecule has 19 heavy (non-hydrogen) atoms. The third-order valence-corrected chi connectivity index (χ3v) is 4.23. The zero-order valence-corrected chi connectivity index (χ0v) is 11.2. The fraction of sp³-hybridized carbons (Fsp3) is 0.571. The van der Waals surface area contributed by atoms with Gasteiger partial charge in [0, 0.05) is 6.04 Å². The van der Waals surface area contributed by atoms with Gasteiger partial charge in [0.05, 0.1) is 11.4 Å². The van der Waals surface area contributed by atoms with Gasteiger partial charge in [-0.25, -0.2) is 4.63 Å². The van der Waals surface area contributed by atoms with Gasteiger partial charge in [-0.1, -0.05) is 13.3 Å². The topological polar surface area (TPSA) is 77.0 Å². The van der Waals surface area contributed by atoms with E-state index in [1.54, 1.807) is 0 Å². The standard InChI is InChI=1S/C14H20N4O/c1-2-9-3-5-10(6-4-9)16-12-8-7-11(15)13-14(12)18-19-17-13/h7-10,16H,2-6,15H2,1H3. The largest absolute Gasteiger partial charge is 0.397 e. The van der Waals surface area contributed by atoms with E-state index in [1.807, 2.05) is 12.1 Å². The third kappa shape index (κ3) is 2.37. The maximum atomic E-state index is 5.85. The second kappa shape index (κ2) is 5.07. The second-order valence-electron chi connectivity index (χ2n) is 5.43. The molecule has 1 fully saturated rings. The Morgan fingerprint density at radius 1 is 1.21 bits per heavy atom. The molecule has 3 N–H and O–H groups in total. The first-order chi connectivity index (χ1) is 9.28. The smallest absolute Gasteiger partial charge is 0.160 e. The van der Waals surface area contributed by atoms with E-state index in [1.165, 1.54) is 32.1 Å².